The van der Waals surface area contributed by atoms with Gasteiger partial charge in [-0.1, -0.05) is 37.6 Å². The summed E-state index contributed by atoms with van der Waals surface area (Å²) < 4.78 is 27.0. The fraction of sp³-hybridized carbons (Fsp3) is 0.167. The molecule has 0 N–H and O–H groups in total. The maximum Gasteiger partial charge on any atom is 0.268 e. The Kier molecular flexibility index (Phi) is 4.24. The van der Waals surface area contributed by atoms with E-state index in [4.69, 9.17) is 11.6 Å². The maximum absolute atomic E-state index is 13.0. The molecule has 3 rings (SSSR count). The molecule has 0 aliphatic heterocycles. The molecule has 6 heteroatoms. The topological polar surface area (TPSA) is 56.1 Å². The van der Waals surface area contributed by atoms with Gasteiger partial charge in [0.25, 0.3) is 10.0 Å². The zero-order chi connectivity index (χ0) is 17.5. The molecule has 0 saturated heterocycles. The lowest BCUT2D eigenvalue weighted by molar-refractivity contribution is 0.112. The quantitative estimate of drug-likeness (QED) is 0.644. The fourth-order valence-corrected chi connectivity index (χ4v) is 4.18. The lowest BCUT2D eigenvalue weighted by Crippen LogP contribution is -2.12. The zero-order valence-corrected chi connectivity index (χ0v) is 14.8. The van der Waals surface area contributed by atoms with Gasteiger partial charge in [0.2, 0.25) is 0 Å². The Hall–Kier alpha value is -2.11. The molecule has 124 valence electrons. The molecule has 2 aromatic carbocycles. The first-order valence-corrected chi connectivity index (χ1v) is 9.27. The van der Waals surface area contributed by atoms with Gasteiger partial charge in [0, 0.05) is 22.2 Å². The molecule has 0 radical (unpaired) electrons. The van der Waals surface area contributed by atoms with Gasteiger partial charge >= 0.3 is 0 Å². The maximum atomic E-state index is 13.0. The number of aromatic nitrogens is 1. The molecule has 0 amide bonds. The summed E-state index contributed by atoms with van der Waals surface area (Å²) in [5.41, 5.74) is 1.77. The number of carbonyl (C=O) groups is 1. The molecule has 0 spiro atoms. The van der Waals surface area contributed by atoms with Gasteiger partial charge in [-0.25, -0.2) is 12.4 Å². The second kappa shape index (κ2) is 6.07. The summed E-state index contributed by atoms with van der Waals surface area (Å²) in [4.78, 5) is 11.5. The number of benzene rings is 2. The number of hydrogen-bond acceptors (Lipinski definition) is 3. The van der Waals surface area contributed by atoms with Crippen molar-refractivity contribution in [2.75, 3.05) is 0 Å². The Labute approximate surface area is 145 Å². The smallest absolute Gasteiger partial charge is 0.268 e. The molecule has 4 nitrogen and oxygen atoms in total. The van der Waals surface area contributed by atoms with Crippen LogP contribution in [0.25, 0.3) is 10.9 Å². The third-order valence-corrected chi connectivity index (χ3v) is 5.92. The van der Waals surface area contributed by atoms with Crippen LogP contribution in [0.5, 0.6) is 0 Å². The average Bonchev–Trinajstić information content (AvgIpc) is 2.93. The molecule has 1 heterocycles. The van der Waals surface area contributed by atoms with Crippen LogP contribution >= 0.6 is 11.6 Å². The van der Waals surface area contributed by atoms with Gasteiger partial charge in [0.15, 0.2) is 6.29 Å². The van der Waals surface area contributed by atoms with Crippen molar-refractivity contribution in [3.63, 3.8) is 0 Å². The van der Waals surface area contributed by atoms with Crippen molar-refractivity contribution in [3.8, 4) is 0 Å². The van der Waals surface area contributed by atoms with Crippen LogP contribution < -0.4 is 0 Å². The van der Waals surface area contributed by atoms with E-state index >= 15 is 0 Å². The van der Waals surface area contributed by atoms with Crippen molar-refractivity contribution in [3.05, 3.63) is 64.8 Å². The second-order valence-electron chi connectivity index (χ2n) is 5.89. The van der Waals surface area contributed by atoms with Gasteiger partial charge in [-0.15, -0.1) is 0 Å². The summed E-state index contributed by atoms with van der Waals surface area (Å²) in [6.07, 6.45) is 1.96. The zero-order valence-electron chi connectivity index (χ0n) is 13.2. The summed E-state index contributed by atoms with van der Waals surface area (Å²) in [5.74, 6) is 0.318. The van der Waals surface area contributed by atoms with Crippen molar-refractivity contribution < 1.29 is 13.2 Å². The van der Waals surface area contributed by atoms with Crippen molar-refractivity contribution in [2.45, 2.75) is 24.7 Å². The van der Waals surface area contributed by atoms with Crippen LogP contribution in [0.3, 0.4) is 0 Å². The van der Waals surface area contributed by atoms with Crippen molar-refractivity contribution in [1.82, 2.24) is 3.97 Å². The van der Waals surface area contributed by atoms with Crippen LogP contribution in [-0.4, -0.2) is 18.7 Å². The summed E-state index contributed by atoms with van der Waals surface area (Å²) in [6.45, 7) is 4.09. The average molecular weight is 362 g/mol. The van der Waals surface area contributed by atoms with Crippen LogP contribution in [0.2, 0.25) is 5.02 Å². The molecular weight excluding hydrogens is 346 g/mol. The van der Waals surface area contributed by atoms with Gasteiger partial charge in [0.05, 0.1) is 10.4 Å². The Morgan fingerprint density at radius 3 is 2.33 bits per heavy atom. The second-order valence-corrected chi connectivity index (χ2v) is 8.14. The highest BCUT2D eigenvalue weighted by Crippen LogP contribution is 2.28. The molecule has 0 aliphatic rings. The SMILES string of the molecule is CC(C)c1ccc(S(=O)(=O)n2cc(C=O)c3cc(Cl)ccc32)cc1. The van der Waals surface area contributed by atoms with Crippen LogP contribution in [-0.2, 0) is 10.0 Å². The van der Waals surface area contributed by atoms with E-state index in [1.807, 2.05) is 13.8 Å². The third-order valence-electron chi connectivity index (χ3n) is 3.99. The molecule has 0 fully saturated rings. The summed E-state index contributed by atoms with van der Waals surface area (Å²) >= 11 is 5.96. The molecule has 3 aromatic rings. The van der Waals surface area contributed by atoms with E-state index in [-0.39, 0.29) is 10.5 Å². The number of hydrogen-bond donors (Lipinski definition) is 0. The molecule has 24 heavy (non-hydrogen) atoms. The highest BCUT2D eigenvalue weighted by Gasteiger charge is 2.21. The third kappa shape index (κ3) is 2.74. The monoisotopic (exact) mass is 361 g/mol. The van der Waals surface area contributed by atoms with Crippen LogP contribution in [0.4, 0.5) is 0 Å². The Morgan fingerprint density at radius 1 is 1.08 bits per heavy atom. The Balaban J connectivity index is 2.20. The molecule has 1 aromatic heterocycles. The molecule has 0 unspecified atom stereocenters. The molecular formula is C18H16ClNO3S. The lowest BCUT2D eigenvalue weighted by Gasteiger charge is -2.10. The number of halogens is 1. The van der Waals surface area contributed by atoms with Crippen LogP contribution in [0.15, 0.2) is 53.6 Å². The number of aldehydes is 1. The van der Waals surface area contributed by atoms with E-state index < -0.39 is 10.0 Å². The van der Waals surface area contributed by atoms with Crippen LogP contribution in [0, 0.1) is 0 Å². The van der Waals surface area contributed by atoms with E-state index in [1.165, 1.54) is 6.20 Å². The Bertz CT molecular complexity index is 1020. The minimum Gasteiger partial charge on any atom is -0.298 e. The van der Waals surface area contributed by atoms with Crippen molar-refractivity contribution >= 4 is 38.8 Å². The standard InChI is InChI=1S/C18H16ClNO3S/c1-12(2)13-3-6-16(7-4-13)24(22,23)20-10-14(11-21)17-9-15(19)5-8-18(17)20/h3-12H,1-2H3. The van der Waals surface area contributed by atoms with Gasteiger partial charge < -0.3 is 0 Å². The van der Waals surface area contributed by atoms with Crippen LogP contribution in [0.1, 0.15) is 35.7 Å². The number of carbonyl (C=O) groups excluding carboxylic acids is 1. The summed E-state index contributed by atoms with van der Waals surface area (Å²) in [6, 6.07) is 11.6. The summed E-state index contributed by atoms with van der Waals surface area (Å²) in [5, 5.41) is 0.960. The van der Waals surface area contributed by atoms with E-state index in [1.54, 1.807) is 42.5 Å². The first-order valence-electron chi connectivity index (χ1n) is 7.46. The van der Waals surface area contributed by atoms with E-state index in [0.717, 1.165) is 9.54 Å². The molecule has 0 aliphatic carbocycles. The van der Waals surface area contributed by atoms with E-state index in [9.17, 15) is 13.2 Å². The van der Waals surface area contributed by atoms with Crippen molar-refractivity contribution in [2.24, 2.45) is 0 Å². The normalized spacial score (nSPS) is 12.0. The van der Waals surface area contributed by atoms with Gasteiger partial charge in [-0.2, -0.15) is 0 Å². The van der Waals surface area contributed by atoms with E-state index in [2.05, 4.69) is 0 Å². The summed E-state index contributed by atoms with van der Waals surface area (Å²) in [7, 11) is -3.80. The van der Waals surface area contributed by atoms with E-state index in [0.29, 0.717) is 28.1 Å². The van der Waals surface area contributed by atoms with Gasteiger partial charge in [0.1, 0.15) is 0 Å². The predicted molar refractivity (Wildman–Crippen MR) is 95.5 cm³/mol. The molecule has 0 atom stereocenters. The Morgan fingerprint density at radius 2 is 1.75 bits per heavy atom. The van der Waals surface area contributed by atoms with Crippen molar-refractivity contribution in [1.29, 1.82) is 0 Å². The fourth-order valence-electron chi connectivity index (χ4n) is 2.63. The largest absolute Gasteiger partial charge is 0.298 e. The first-order chi connectivity index (χ1) is 11.3. The first kappa shape index (κ1) is 16.7. The highest BCUT2D eigenvalue weighted by atomic mass is 35.5. The molecule has 0 saturated carbocycles. The predicted octanol–water partition coefficient (Wildman–Crippen LogP) is 4.47. The van der Waals surface area contributed by atoms with Gasteiger partial charge in [-0.05, 0) is 41.8 Å². The number of nitrogens with zero attached hydrogens (tertiary/aromatic N) is 1. The molecule has 0 bridgehead atoms. The number of rotatable bonds is 4. The number of fused-ring (bicyclic) bond motifs is 1. The minimum atomic E-state index is -3.80. The van der Waals surface area contributed by atoms with Gasteiger partial charge in [-0.3, -0.25) is 4.79 Å². The lowest BCUT2D eigenvalue weighted by atomic mass is 10.0. The minimum absolute atomic E-state index is 0.177. The highest BCUT2D eigenvalue weighted by molar-refractivity contribution is 7.90.